The van der Waals surface area contributed by atoms with Crippen LogP contribution in [0.15, 0.2) is 36.4 Å². The van der Waals surface area contributed by atoms with Crippen LogP contribution in [0.25, 0.3) is 10.9 Å². The van der Waals surface area contributed by atoms with Gasteiger partial charge in [-0.15, -0.1) is 0 Å². The number of carbonyl (C=O) groups is 1. The van der Waals surface area contributed by atoms with E-state index in [4.69, 9.17) is 21.1 Å². The molecule has 7 heteroatoms. The van der Waals surface area contributed by atoms with E-state index >= 15 is 0 Å². The highest BCUT2D eigenvalue weighted by atomic mass is 35.5. The van der Waals surface area contributed by atoms with Crippen LogP contribution < -0.4 is 4.74 Å². The van der Waals surface area contributed by atoms with E-state index in [1.54, 1.807) is 11.0 Å². The van der Waals surface area contributed by atoms with E-state index in [1.807, 2.05) is 30.3 Å². The minimum atomic E-state index is -0.411. The normalized spacial score (nSPS) is 15.6. The van der Waals surface area contributed by atoms with E-state index < -0.39 is 5.82 Å². The molecule has 0 fully saturated rings. The van der Waals surface area contributed by atoms with Gasteiger partial charge < -0.3 is 18.9 Å². The number of halogens is 2. The number of benzene rings is 2. The predicted octanol–water partition coefficient (Wildman–Crippen LogP) is 4.56. The highest BCUT2D eigenvalue weighted by Crippen LogP contribution is 2.41. The van der Waals surface area contributed by atoms with Crippen molar-refractivity contribution in [2.45, 2.75) is 26.0 Å². The summed E-state index contributed by atoms with van der Waals surface area (Å²) in [5.41, 5.74) is 3.71. The van der Waals surface area contributed by atoms with Gasteiger partial charge in [-0.05, 0) is 17.5 Å². The fraction of sp³-hybridized carbons (Fsp3) is 0.318. The number of aromatic nitrogens is 1. The summed E-state index contributed by atoms with van der Waals surface area (Å²) >= 11 is 6.12. The molecule has 29 heavy (non-hydrogen) atoms. The molecule has 0 spiro atoms. The van der Waals surface area contributed by atoms with Crippen molar-refractivity contribution in [1.82, 2.24) is 9.47 Å². The molecule has 0 saturated carbocycles. The summed E-state index contributed by atoms with van der Waals surface area (Å²) < 4.78 is 28.3. The summed E-state index contributed by atoms with van der Waals surface area (Å²) in [4.78, 5) is 14.3. The third kappa shape index (κ3) is 3.12. The molecule has 2 aliphatic heterocycles. The number of fused-ring (bicyclic) bond motifs is 3. The van der Waals surface area contributed by atoms with E-state index in [1.165, 1.54) is 0 Å². The molecule has 1 aromatic heterocycles. The molecule has 3 heterocycles. The fourth-order valence-electron chi connectivity index (χ4n) is 4.33. The van der Waals surface area contributed by atoms with E-state index in [0.717, 1.165) is 22.3 Å². The predicted molar refractivity (Wildman–Crippen MR) is 108 cm³/mol. The van der Waals surface area contributed by atoms with Crippen LogP contribution in [0.2, 0.25) is 5.02 Å². The standard InChI is InChI=1S/C22H20ClFN2O3/c23-16-12-18-21-19(20(16)24)15-6-8-25(9-7-17(15)26(21)10-11-28-18)22(27)29-13-14-4-2-1-3-5-14/h1-5,12H,6-11,13H2. The Morgan fingerprint density at radius 2 is 1.97 bits per heavy atom. The van der Waals surface area contributed by atoms with Crippen LogP contribution in [-0.2, 0) is 30.7 Å². The van der Waals surface area contributed by atoms with Crippen LogP contribution in [0, 0.1) is 5.82 Å². The van der Waals surface area contributed by atoms with Crippen molar-refractivity contribution in [1.29, 1.82) is 0 Å². The van der Waals surface area contributed by atoms with Crippen molar-refractivity contribution in [3.8, 4) is 5.75 Å². The Morgan fingerprint density at radius 1 is 1.17 bits per heavy atom. The summed E-state index contributed by atoms with van der Waals surface area (Å²) in [5.74, 6) is 0.218. The van der Waals surface area contributed by atoms with Crippen LogP contribution in [-0.4, -0.2) is 35.3 Å². The maximum atomic E-state index is 14.9. The maximum absolute atomic E-state index is 14.9. The minimum absolute atomic E-state index is 0.0673. The average Bonchev–Trinajstić information content (AvgIpc) is 2.90. The summed E-state index contributed by atoms with van der Waals surface area (Å²) in [7, 11) is 0. The monoisotopic (exact) mass is 414 g/mol. The summed E-state index contributed by atoms with van der Waals surface area (Å²) in [6.07, 6.45) is 0.848. The Bertz CT molecular complexity index is 1100. The van der Waals surface area contributed by atoms with Gasteiger partial charge in [0.1, 0.15) is 19.0 Å². The first-order valence-corrected chi connectivity index (χ1v) is 10.1. The molecule has 0 N–H and O–H groups in total. The quantitative estimate of drug-likeness (QED) is 0.617. The van der Waals surface area contributed by atoms with E-state index in [-0.39, 0.29) is 17.7 Å². The molecule has 1 amide bonds. The molecule has 5 rings (SSSR count). The first-order valence-electron chi connectivity index (χ1n) is 9.74. The van der Waals surface area contributed by atoms with Crippen molar-refractivity contribution in [3.63, 3.8) is 0 Å². The average molecular weight is 415 g/mol. The maximum Gasteiger partial charge on any atom is 0.410 e. The highest BCUT2D eigenvalue weighted by Gasteiger charge is 2.30. The number of amides is 1. The van der Waals surface area contributed by atoms with E-state index in [0.29, 0.717) is 50.2 Å². The minimum Gasteiger partial charge on any atom is -0.489 e. The van der Waals surface area contributed by atoms with Gasteiger partial charge in [-0.3, -0.25) is 0 Å². The van der Waals surface area contributed by atoms with Crippen molar-refractivity contribution in [2.24, 2.45) is 0 Å². The summed E-state index contributed by atoms with van der Waals surface area (Å²) in [6, 6.07) is 11.2. The molecular formula is C22H20ClFN2O3. The van der Waals surface area contributed by atoms with Gasteiger partial charge in [-0.1, -0.05) is 41.9 Å². The second kappa shape index (κ2) is 7.26. The Balaban J connectivity index is 1.40. The topological polar surface area (TPSA) is 43.7 Å². The van der Waals surface area contributed by atoms with Crippen molar-refractivity contribution in [2.75, 3.05) is 19.7 Å². The highest BCUT2D eigenvalue weighted by molar-refractivity contribution is 6.32. The van der Waals surface area contributed by atoms with Crippen LogP contribution in [0.4, 0.5) is 9.18 Å². The van der Waals surface area contributed by atoms with E-state index in [2.05, 4.69) is 4.57 Å². The van der Waals surface area contributed by atoms with Crippen LogP contribution in [0.5, 0.6) is 5.75 Å². The smallest absolute Gasteiger partial charge is 0.410 e. The molecule has 0 unspecified atom stereocenters. The molecule has 5 nitrogen and oxygen atoms in total. The third-order valence-electron chi connectivity index (χ3n) is 5.69. The summed E-state index contributed by atoms with van der Waals surface area (Å²) in [6.45, 7) is 2.43. The molecule has 0 saturated heterocycles. The van der Waals surface area contributed by atoms with Crippen molar-refractivity contribution in [3.05, 3.63) is 64.1 Å². The van der Waals surface area contributed by atoms with E-state index in [9.17, 15) is 9.18 Å². The molecule has 0 bridgehead atoms. The molecule has 2 aromatic carbocycles. The van der Waals surface area contributed by atoms with Gasteiger partial charge in [0, 0.05) is 36.7 Å². The lowest BCUT2D eigenvalue weighted by atomic mass is 10.1. The number of hydrogen-bond donors (Lipinski definition) is 0. The van der Waals surface area contributed by atoms with Gasteiger partial charge in [0.25, 0.3) is 0 Å². The Labute approximate surface area is 172 Å². The molecular weight excluding hydrogens is 395 g/mol. The molecule has 3 aromatic rings. The van der Waals surface area contributed by atoms with Crippen molar-refractivity contribution >= 4 is 28.6 Å². The molecule has 2 aliphatic rings. The number of rotatable bonds is 2. The summed E-state index contributed by atoms with van der Waals surface area (Å²) in [5, 5.41) is 0.597. The second-order valence-electron chi connectivity index (χ2n) is 7.35. The van der Waals surface area contributed by atoms with Crippen molar-refractivity contribution < 1.29 is 18.7 Å². The SMILES string of the molecule is O=C(OCc1ccccc1)N1CCc2c(n3c4c(cc(Cl)c(F)c24)OCC3)CC1. The zero-order chi connectivity index (χ0) is 20.0. The number of ether oxygens (including phenoxy) is 2. The molecule has 0 aliphatic carbocycles. The van der Waals surface area contributed by atoms with Gasteiger partial charge in [0.05, 0.1) is 17.1 Å². The zero-order valence-electron chi connectivity index (χ0n) is 15.8. The number of nitrogens with zero attached hydrogens (tertiary/aromatic N) is 2. The Morgan fingerprint density at radius 3 is 2.79 bits per heavy atom. The lowest BCUT2D eigenvalue weighted by Gasteiger charge is -2.22. The van der Waals surface area contributed by atoms with Crippen LogP contribution in [0.3, 0.4) is 0 Å². The molecule has 0 radical (unpaired) electrons. The molecule has 150 valence electrons. The Kier molecular flexibility index (Phi) is 4.59. The first-order chi connectivity index (χ1) is 14.1. The third-order valence-corrected chi connectivity index (χ3v) is 5.96. The number of hydrogen-bond acceptors (Lipinski definition) is 3. The van der Waals surface area contributed by atoms with Gasteiger partial charge in [-0.25, -0.2) is 9.18 Å². The lowest BCUT2D eigenvalue weighted by Crippen LogP contribution is -2.34. The number of carbonyl (C=O) groups excluding carboxylic acids is 1. The first kappa shape index (κ1) is 18.3. The van der Waals surface area contributed by atoms with Gasteiger partial charge >= 0.3 is 6.09 Å². The Hall–Kier alpha value is -2.73. The second-order valence-corrected chi connectivity index (χ2v) is 7.75. The van der Waals surface area contributed by atoms with Crippen LogP contribution in [0.1, 0.15) is 16.8 Å². The largest absolute Gasteiger partial charge is 0.489 e. The van der Waals surface area contributed by atoms with Gasteiger partial charge in [0.15, 0.2) is 5.82 Å². The van der Waals surface area contributed by atoms with Gasteiger partial charge in [-0.2, -0.15) is 0 Å². The zero-order valence-corrected chi connectivity index (χ0v) is 16.5. The fourth-order valence-corrected chi connectivity index (χ4v) is 4.52. The van der Waals surface area contributed by atoms with Crippen LogP contribution >= 0.6 is 11.6 Å². The van der Waals surface area contributed by atoms with Gasteiger partial charge in [0.2, 0.25) is 0 Å². The molecule has 0 atom stereocenters. The lowest BCUT2D eigenvalue weighted by molar-refractivity contribution is 0.0976.